The molecule has 1 aromatic carbocycles. The summed E-state index contributed by atoms with van der Waals surface area (Å²) in [6, 6.07) is 2.65. The number of hydrogen-bond acceptors (Lipinski definition) is 3. The van der Waals surface area contributed by atoms with Gasteiger partial charge in [0.1, 0.15) is 5.75 Å². The third kappa shape index (κ3) is 3.47. The summed E-state index contributed by atoms with van der Waals surface area (Å²) in [4.78, 5) is 0. The van der Waals surface area contributed by atoms with Crippen LogP contribution in [-0.2, 0) is 6.54 Å². The molecule has 5 atom stereocenters. The first kappa shape index (κ1) is 19.8. The van der Waals surface area contributed by atoms with E-state index in [0.29, 0.717) is 17.5 Å². The standard InChI is InChI=1S/C22H29N2OP.C2H6/c1-12-5-8-18-15(4-3-9-23-18)21(12)26-22-13(2)19(25)10-16-17(22)11-24-20(16)14-6-7-14;1-2/h3,9-10,12,15,18,21,23-26H,4-8,11H2,1-2H3;1-2H3. The first-order valence-corrected chi connectivity index (χ1v) is 12.2. The van der Waals surface area contributed by atoms with Crippen molar-refractivity contribution < 1.29 is 5.11 Å². The van der Waals surface area contributed by atoms with E-state index in [1.165, 1.54) is 59.8 Å². The van der Waals surface area contributed by atoms with E-state index in [2.05, 4.69) is 36.8 Å². The number of aromatic hydroxyl groups is 1. The van der Waals surface area contributed by atoms with Crippen molar-refractivity contribution in [3.63, 3.8) is 0 Å². The van der Waals surface area contributed by atoms with Crippen LogP contribution in [0.3, 0.4) is 0 Å². The Bertz CT molecular complexity index is 807. The molecule has 2 aliphatic heterocycles. The lowest BCUT2D eigenvalue weighted by Crippen LogP contribution is -2.47. The third-order valence-corrected chi connectivity index (χ3v) is 9.20. The van der Waals surface area contributed by atoms with E-state index in [9.17, 15) is 5.11 Å². The van der Waals surface area contributed by atoms with Gasteiger partial charge in [0.25, 0.3) is 0 Å². The van der Waals surface area contributed by atoms with Crippen molar-refractivity contribution in [1.82, 2.24) is 10.6 Å². The molecule has 5 unspecified atom stereocenters. The molecule has 5 rings (SSSR count). The summed E-state index contributed by atoms with van der Waals surface area (Å²) in [6.45, 7) is 9.50. The molecule has 0 saturated heterocycles. The summed E-state index contributed by atoms with van der Waals surface area (Å²) < 4.78 is 0. The van der Waals surface area contributed by atoms with Gasteiger partial charge in [-0.25, -0.2) is 0 Å². The van der Waals surface area contributed by atoms with Crippen LogP contribution in [0.25, 0.3) is 5.70 Å². The van der Waals surface area contributed by atoms with E-state index in [4.69, 9.17) is 0 Å². The van der Waals surface area contributed by atoms with Crippen molar-refractivity contribution in [3.05, 3.63) is 40.6 Å². The predicted molar refractivity (Wildman–Crippen MR) is 121 cm³/mol. The Morgan fingerprint density at radius 2 is 1.96 bits per heavy atom. The maximum atomic E-state index is 10.6. The number of phenolic OH excluding ortho intramolecular Hbond substituents is 1. The number of rotatable bonds is 2. The summed E-state index contributed by atoms with van der Waals surface area (Å²) >= 11 is 0. The van der Waals surface area contributed by atoms with Crippen molar-refractivity contribution >= 4 is 19.6 Å². The van der Waals surface area contributed by atoms with Crippen molar-refractivity contribution in [3.8, 4) is 5.75 Å². The van der Waals surface area contributed by atoms with Gasteiger partial charge in [0.2, 0.25) is 0 Å². The van der Waals surface area contributed by atoms with E-state index in [-0.39, 0.29) is 0 Å². The lowest BCUT2D eigenvalue weighted by molar-refractivity contribution is 0.229. The quantitative estimate of drug-likeness (QED) is 0.619. The Labute approximate surface area is 171 Å². The molecule has 2 fully saturated rings. The number of phenols is 1. The minimum Gasteiger partial charge on any atom is -0.508 e. The van der Waals surface area contributed by atoms with Crippen molar-refractivity contribution in [2.24, 2.45) is 11.8 Å². The number of nitrogens with one attached hydrogen (secondary N) is 2. The Kier molecular flexibility index (Phi) is 5.74. The normalized spacial score (nSPS) is 30.3. The molecule has 2 aliphatic carbocycles. The van der Waals surface area contributed by atoms with Gasteiger partial charge in [0.05, 0.1) is 0 Å². The van der Waals surface area contributed by atoms with E-state index in [1.807, 2.05) is 19.9 Å². The maximum Gasteiger partial charge on any atom is 0.119 e. The second-order valence-corrected chi connectivity index (χ2v) is 10.0. The molecule has 4 heteroatoms. The minimum absolute atomic E-state index is 0.482. The number of allylic oxidation sites excluding steroid dienone is 2. The number of hydrogen-bond donors (Lipinski definition) is 3. The lowest BCUT2D eigenvalue weighted by Gasteiger charge is -2.44. The van der Waals surface area contributed by atoms with Gasteiger partial charge in [-0.15, -0.1) is 0 Å². The van der Waals surface area contributed by atoms with E-state index < -0.39 is 0 Å². The molecular weight excluding hydrogens is 363 g/mol. The van der Waals surface area contributed by atoms with E-state index in [0.717, 1.165) is 32.5 Å². The van der Waals surface area contributed by atoms with Crippen LogP contribution in [0.1, 0.15) is 69.6 Å². The highest BCUT2D eigenvalue weighted by atomic mass is 31.1. The minimum atomic E-state index is 0.482. The van der Waals surface area contributed by atoms with Crippen LogP contribution in [0, 0.1) is 18.8 Å². The molecule has 0 bridgehead atoms. The van der Waals surface area contributed by atoms with Gasteiger partial charge in [-0.1, -0.05) is 35.4 Å². The monoisotopic (exact) mass is 398 g/mol. The lowest BCUT2D eigenvalue weighted by atomic mass is 9.75. The molecule has 0 aromatic heterocycles. The van der Waals surface area contributed by atoms with Gasteiger partial charge in [-0.3, -0.25) is 0 Å². The molecule has 0 spiro atoms. The fraction of sp³-hybridized carbons (Fsp3) is 0.583. The Morgan fingerprint density at radius 3 is 2.71 bits per heavy atom. The molecule has 2 saturated carbocycles. The van der Waals surface area contributed by atoms with E-state index >= 15 is 0 Å². The summed E-state index contributed by atoms with van der Waals surface area (Å²) in [6.07, 6.45) is 10.7. The Balaban J connectivity index is 0.000000932. The molecule has 3 nitrogen and oxygen atoms in total. The van der Waals surface area contributed by atoms with Crippen molar-refractivity contribution in [2.75, 3.05) is 0 Å². The molecule has 3 N–H and O–H groups in total. The van der Waals surface area contributed by atoms with Gasteiger partial charge < -0.3 is 15.7 Å². The van der Waals surface area contributed by atoms with Crippen LogP contribution >= 0.6 is 8.58 Å². The second kappa shape index (κ2) is 8.11. The fourth-order valence-electron chi connectivity index (χ4n) is 5.18. The summed E-state index contributed by atoms with van der Waals surface area (Å²) in [7, 11) is 0.788. The predicted octanol–water partition coefficient (Wildman–Crippen LogP) is 4.93. The molecular formula is C24H35N2OP. The average molecular weight is 399 g/mol. The highest BCUT2D eigenvalue weighted by molar-refractivity contribution is 7.48. The SMILES string of the molecule is CC.Cc1c(O)cc2c(c1PC1C(C)CCC3NC=CCC31)CNC2=C1CC1. The maximum absolute atomic E-state index is 10.6. The fourth-order valence-corrected chi connectivity index (χ4v) is 7.29. The highest BCUT2D eigenvalue weighted by Crippen LogP contribution is 2.47. The smallest absolute Gasteiger partial charge is 0.119 e. The van der Waals surface area contributed by atoms with Crippen LogP contribution in [0.4, 0.5) is 0 Å². The Hall–Kier alpha value is -1.47. The third-order valence-electron chi connectivity index (χ3n) is 6.90. The molecule has 1 aromatic rings. The van der Waals surface area contributed by atoms with Gasteiger partial charge in [-0.05, 0) is 90.8 Å². The molecule has 2 heterocycles. The molecule has 4 aliphatic rings. The van der Waals surface area contributed by atoms with Crippen LogP contribution in [0.15, 0.2) is 23.9 Å². The molecule has 0 amide bonds. The van der Waals surface area contributed by atoms with Crippen LogP contribution in [0.5, 0.6) is 5.75 Å². The largest absolute Gasteiger partial charge is 0.508 e. The molecule has 152 valence electrons. The summed E-state index contributed by atoms with van der Waals surface area (Å²) in [5, 5.41) is 19.3. The molecule has 28 heavy (non-hydrogen) atoms. The van der Waals surface area contributed by atoms with Gasteiger partial charge in [0.15, 0.2) is 0 Å². The zero-order valence-electron chi connectivity index (χ0n) is 17.7. The number of fused-ring (bicyclic) bond motifs is 2. The first-order chi connectivity index (χ1) is 13.6. The van der Waals surface area contributed by atoms with Crippen molar-refractivity contribution in [2.45, 2.75) is 78.0 Å². The number of benzene rings is 1. The zero-order chi connectivity index (χ0) is 19.8. The average Bonchev–Trinajstić information content (AvgIpc) is 3.48. The summed E-state index contributed by atoms with van der Waals surface area (Å²) in [5.74, 6) is 1.97. The van der Waals surface area contributed by atoms with Crippen LogP contribution in [-0.4, -0.2) is 16.8 Å². The topological polar surface area (TPSA) is 44.3 Å². The zero-order valence-corrected chi connectivity index (χ0v) is 18.7. The summed E-state index contributed by atoms with van der Waals surface area (Å²) in [5.41, 5.74) is 7.42. The van der Waals surface area contributed by atoms with Gasteiger partial charge in [0, 0.05) is 23.8 Å². The van der Waals surface area contributed by atoms with Crippen molar-refractivity contribution in [1.29, 1.82) is 0 Å². The Morgan fingerprint density at radius 1 is 1.18 bits per heavy atom. The van der Waals surface area contributed by atoms with Crippen LogP contribution in [0.2, 0.25) is 0 Å². The highest BCUT2D eigenvalue weighted by Gasteiger charge is 2.39. The van der Waals surface area contributed by atoms with Gasteiger partial charge in [-0.2, -0.15) is 0 Å². The molecule has 0 radical (unpaired) electrons. The first-order valence-electron chi connectivity index (χ1n) is 11.1. The second-order valence-electron chi connectivity index (χ2n) is 8.55. The van der Waals surface area contributed by atoms with Crippen LogP contribution < -0.4 is 15.9 Å². The van der Waals surface area contributed by atoms with E-state index in [1.54, 1.807) is 0 Å². The van der Waals surface area contributed by atoms with Gasteiger partial charge >= 0.3 is 0 Å².